The Labute approximate surface area is 157 Å². The third-order valence-electron chi connectivity index (χ3n) is 4.70. The predicted octanol–water partition coefficient (Wildman–Crippen LogP) is 3.27. The molecule has 27 heavy (non-hydrogen) atoms. The fourth-order valence-electron chi connectivity index (χ4n) is 3.27. The Morgan fingerprint density at radius 2 is 1.78 bits per heavy atom. The van der Waals surface area contributed by atoms with E-state index in [1.54, 1.807) is 24.4 Å². The Hall–Kier alpha value is -2.77. The van der Waals surface area contributed by atoms with Gasteiger partial charge in [-0.15, -0.1) is 0 Å². The van der Waals surface area contributed by atoms with Crippen LogP contribution in [0.3, 0.4) is 0 Å². The van der Waals surface area contributed by atoms with E-state index in [9.17, 15) is 13.2 Å². The number of aromatic nitrogens is 1. The number of para-hydroxylation sites is 1. The number of hydrogen-bond donors (Lipinski definition) is 1. The van der Waals surface area contributed by atoms with Crippen LogP contribution in [0.1, 0.15) is 23.2 Å². The molecule has 0 saturated carbocycles. The van der Waals surface area contributed by atoms with Crippen LogP contribution in [0.4, 0.5) is 5.69 Å². The molecule has 0 bridgehead atoms. The molecule has 1 aliphatic rings. The van der Waals surface area contributed by atoms with Gasteiger partial charge in [-0.2, -0.15) is 4.31 Å². The highest BCUT2D eigenvalue weighted by atomic mass is 32.2. The van der Waals surface area contributed by atoms with Crippen LogP contribution < -0.4 is 5.32 Å². The summed E-state index contributed by atoms with van der Waals surface area (Å²) in [5, 5.41) is 3.69. The zero-order chi connectivity index (χ0) is 18.9. The van der Waals surface area contributed by atoms with Crippen molar-refractivity contribution in [2.75, 3.05) is 18.4 Å². The molecule has 0 aliphatic carbocycles. The number of fused-ring (bicyclic) bond motifs is 1. The molecular weight excluding hydrogens is 362 g/mol. The van der Waals surface area contributed by atoms with E-state index < -0.39 is 10.0 Å². The van der Waals surface area contributed by atoms with Crippen LogP contribution in [0.5, 0.6) is 0 Å². The van der Waals surface area contributed by atoms with Crippen LogP contribution >= 0.6 is 0 Å². The number of hydrogen-bond acceptors (Lipinski definition) is 4. The van der Waals surface area contributed by atoms with Gasteiger partial charge >= 0.3 is 0 Å². The van der Waals surface area contributed by atoms with E-state index in [0.29, 0.717) is 24.3 Å². The van der Waals surface area contributed by atoms with Crippen molar-refractivity contribution in [1.29, 1.82) is 0 Å². The molecule has 0 atom stereocenters. The van der Waals surface area contributed by atoms with Gasteiger partial charge in [0.1, 0.15) is 0 Å². The highest BCUT2D eigenvalue weighted by molar-refractivity contribution is 7.89. The second-order valence-electron chi connectivity index (χ2n) is 6.47. The summed E-state index contributed by atoms with van der Waals surface area (Å²) in [5.74, 6) is -0.357. The van der Waals surface area contributed by atoms with Crippen LogP contribution in [-0.2, 0) is 10.0 Å². The average Bonchev–Trinajstić information content (AvgIpc) is 3.24. The Morgan fingerprint density at radius 1 is 1.00 bits per heavy atom. The zero-order valence-corrected chi connectivity index (χ0v) is 15.4. The number of nitrogens with one attached hydrogen (secondary N) is 1. The van der Waals surface area contributed by atoms with E-state index in [4.69, 9.17) is 0 Å². The quantitative estimate of drug-likeness (QED) is 0.752. The summed E-state index contributed by atoms with van der Waals surface area (Å²) in [4.78, 5) is 17.1. The summed E-state index contributed by atoms with van der Waals surface area (Å²) < 4.78 is 26.9. The fourth-order valence-corrected chi connectivity index (χ4v) is 4.84. The monoisotopic (exact) mass is 381 g/mol. The Balaban J connectivity index is 1.63. The van der Waals surface area contributed by atoms with Gasteiger partial charge in [0.2, 0.25) is 10.0 Å². The summed E-state index contributed by atoms with van der Waals surface area (Å²) >= 11 is 0. The van der Waals surface area contributed by atoms with Crippen LogP contribution in [0.25, 0.3) is 10.9 Å². The minimum absolute atomic E-state index is 0.150. The number of nitrogens with zero attached hydrogens (tertiary/aromatic N) is 2. The van der Waals surface area contributed by atoms with Crippen molar-refractivity contribution in [2.45, 2.75) is 17.7 Å². The lowest BCUT2D eigenvalue weighted by Gasteiger charge is -2.16. The minimum Gasteiger partial charge on any atom is -0.321 e. The van der Waals surface area contributed by atoms with Gasteiger partial charge in [0, 0.05) is 30.2 Å². The molecule has 4 rings (SSSR count). The van der Waals surface area contributed by atoms with Gasteiger partial charge < -0.3 is 5.32 Å². The molecule has 1 aromatic heterocycles. The smallest absolute Gasteiger partial charge is 0.255 e. The SMILES string of the molecule is O=C(Nc1ccnc2ccccc12)c1cccc(S(=O)(=O)N2CCCC2)c1. The van der Waals surface area contributed by atoms with E-state index >= 15 is 0 Å². The molecule has 2 aromatic carbocycles. The van der Waals surface area contributed by atoms with E-state index in [-0.39, 0.29) is 10.8 Å². The molecule has 1 fully saturated rings. The molecule has 138 valence electrons. The average molecular weight is 381 g/mol. The Bertz CT molecular complexity index is 1100. The van der Waals surface area contributed by atoms with Crippen molar-refractivity contribution in [1.82, 2.24) is 9.29 Å². The van der Waals surface area contributed by atoms with Gasteiger partial charge in [0.05, 0.1) is 16.1 Å². The topological polar surface area (TPSA) is 79.4 Å². The summed E-state index contributed by atoms with van der Waals surface area (Å²) in [6, 6.07) is 15.4. The fraction of sp³-hybridized carbons (Fsp3) is 0.200. The molecule has 0 spiro atoms. The molecule has 1 N–H and O–H groups in total. The number of sulfonamides is 1. The van der Waals surface area contributed by atoms with Crippen molar-refractivity contribution in [3.8, 4) is 0 Å². The molecule has 1 aliphatic heterocycles. The maximum absolute atomic E-state index is 12.7. The lowest BCUT2D eigenvalue weighted by molar-refractivity contribution is 0.102. The summed E-state index contributed by atoms with van der Waals surface area (Å²) in [6.45, 7) is 1.06. The minimum atomic E-state index is -3.56. The van der Waals surface area contributed by atoms with Crippen LogP contribution in [0, 0.1) is 0 Å². The zero-order valence-electron chi connectivity index (χ0n) is 14.6. The van der Waals surface area contributed by atoms with Gasteiger partial charge in [-0.3, -0.25) is 9.78 Å². The predicted molar refractivity (Wildman–Crippen MR) is 104 cm³/mol. The van der Waals surface area contributed by atoms with Gasteiger partial charge in [0.15, 0.2) is 0 Å². The first kappa shape index (κ1) is 17.6. The van der Waals surface area contributed by atoms with Gasteiger partial charge in [-0.05, 0) is 43.2 Å². The number of benzene rings is 2. The van der Waals surface area contributed by atoms with Crippen molar-refractivity contribution < 1.29 is 13.2 Å². The first-order valence-electron chi connectivity index (χ1n) is 8.81. The molecule has 0 radical (unpaired) electrons. The standard InChI is InChI=1S/C20H19N3O3S/c24-20(22-19-10-11-21-18-9-2-1-8-17(18)19)15-6-5-7-16(14-15)27(25,26)23-12-3-4-13-23/h1-2,5-11,14H,3-4,12-13H2,(H,21,22,24). The number of anilines is 1. The van der Waals surface area contributed by atoms with E-state index in [0.717, 1.165) is 23.7 Å². The summed E-state index contributed by atoms with van der Waals surface area (Å²) in [7, 11) is -3.56. The first-order valence-corrected chi connectivity index (χ1v) is 10.2. The molecule has 7 heteroatoms. The molecule has 1 saturated heterocycles. The van der Waals surface area contributed by atoms with Gasteiger partial charge in [-0.25, -0.2) is 8.42 Å². The molecule has 2 heterocycles. The van der Waals surface area contributed by atoms with E-state index in [1.165, 1.54) is 16.4 Å². The van der Waals surface area contributed by atoms with E-state index in [2.05, 4.69) is 10.3 Å². The normalized spacial score (nSPS) is 15.1. The van der Waals surface area contributed by atoms with Crippen molar-refractivity contribution in [2.24, 2.45) is 0 Å². The summed E-state index contributed by atoms with van der Waals surface area (Å²) in [6.07, 6.45) is 3.37. The third-order valence-corrected chi connectivity index (χ3v) is 6.59. The van der Waals surface area contributed by atoms with Crippen molar-refractivity contribution >= 4 is 32.5 Å². The molecular formula is C20H19N3O3S. The Kier molecular flexibility index (Phi) is 4.63. The summed E-state index contributed by atoms with van der Waals surface area (Å²) in [5.41, 5.74) is 1.72. The lowest BCUT2D eigenvalue weighted by Crippen LogP contribution is -2.28. The maximum atomic E-state index is 12.7. The largest absolute Gasteiger partial charge is 0.321 e. The Morgan fingerprint density at radius 3 is 2.59 bits per heavy atom. The van der Waals surface area contributed by atoms with Crippen molar-refractivity contribution in [3.05, 3.63) is 66.4 Å². The first-order chi connectivity index (χ1) is 13.1. The number of carbonyl (C=O) groups excluding carboxylic acids is 1. The molecule has 0 unspecified atom stereocenters. The molecule has 3 aromatic rings. The van der Waals surface area contributed by atoms with Gasteiger partial charge in [-0.1, -0.05) is 24.3 Å². The number of carbonyl (C=O) groups is 1. The van der Waals surface area contributed by atoms with Crippen LogP contribution in [0.2, 0.25) is 0 Å². The number of pyridine rings is 1. The third kappa shape index (κ3) is 3.43. The highest BCUT2D eigenvalue weighted by Crippen LogP contribution is 2.24. The van der Waals surface area contributed by atoms with Crippen LogP contribution in [0.15, 0.2) is 65.7 Å². The van der Waals surface area contributed by atoms with Crippen molar-refractivity contribution in [3.63, 3.8) is 0 Å². The molecule has 1 amide bonds. The van der Waals surface area contributed by atoms with Crippen LogP contribution in [-0.4, -0.2) is 36.7 Å². The van der Waals surface area contributed by atoms with Gasteiger partial charge in [0.25, 0.3) is 5.91 Å². The lowest BCUT2D eigenvalue weighted by atomic mass is 10.1. The number of rotatable bonds is 4. The number of amides is 1. The maximum Gasteiger partial charge on any atom is 0.255 e. The second-order valence-corrected chi connectivity index (χ2v) is 8.41. The molecule has 6 nitrogen and oxygen atoms in total. The highest BCUT2D eigenvalue weighted by Gasteiger charge is 2.27. The second kappa shape index (κ2) is 7.09. The van der Waals surface area contributed by atoms with E-state index in [1.807, 2.05) is 24.3 Å².